The Morgan fingerprint density at radius 1 is 1.09 bits per heavy atom. The molecule has 0 heterocycles. The molecular formula is C26H25ClN4O2S2. The summed E-state index contributed by atoms with van der Waals surface area (Å²) < 4.78 is 29.9. The van der Waals surface area contributed by atoms with Crippen LogP contribution in [-0.2, 0) is 15.8 Å². The number of thioether (sulfide) groups is 1. The van der Waals surface area contributed by atoms with Crippen molar-refractivity contribution in [3.05, 3.63) is 94.0 Å². The minimum absolute atomic E-state index is 0.0332. The van der Waals surface area contributed by atoms with E-state index in [1.807, 2.05) is 61.5 Å². The SMILES string of the molecule is C/C(C#Cc1ccccc1)=N\N/C(N)=N/S(=O)(=O)c1cc(C)c(Cl)cc1SCc1ccc(C)cc1. The van der Waals surface area contributed by atoms with Crippen LogP contribution in [0.4, 0.5) is 0 Å². The lowest BCUT2D eigenvalue weighted by atomic mass is 10.2. The molecule has 0 bridgehead atoms. The molecule has 9 heteroatoms. The molecule has 0 aromatic heterocycles. The number of nitrogens with two attached hydrogens (primary N) is 1. The minimum Gasteiger partial charge on any atom is -0.368 e. The van der Waals surface area contributed by atoms with Gasteiger partial charge in [-0.2, -0.15) is 13.5 Å². The highest BCUT2D eigenvalue weighted by molar-refractivity contribution is 7.99. The monoisotopic (exact) mass is 524 g/mol. The van der Waals surface area contributed by atoms with Gasteiger partial charge >= 0.3 is 0 Å². The molecule has 0 atom stereocenters. The first-order valence-electron chi connectivity index (χ1n) is 10.6. The highest BCUT2D eigenvalue weighted by Crippen LogP contribution is 2.34. The molecule has 0 fully saturated rings. The van der Waals surface area contributed by atoms with E-state index in [-0.39, 0.29) is 10.9 Å². The van der Waals surface area contributed by atoms with Gasteiger partial charge in [-0.3, -0.25) is 0 Å². The van der Waals surface area contributed by atoms with Crippen LogP contribution in [0.3, 0.4) is 0 Å². The smallest absolute Gasteiger partial charge is 0.286 e. The van der Waals surface area contributed by atoms with E-state index >= 15 is 0 Å². The van der Waals surface area contributed by atoms with Crippen LogP contribution in [0.25, 0.3) is 0 Å². The summed E-state index contributed by atoms with van der Waals surface area (Å²) in [4.78, 5) is 0.525. The van der Waals surface area contributed by atoms with Gasteiger partial charge < -0.3 is 5.73 Å². The average molecular weight is 525 g/mol. The van der Waals surface area contributed by atoms with Gasteiger partial charge in [0, 0.05) is 21.2 Å². The Morgan fingerprint density at radius 2 is 1.77 bits per heavy atom. The molecule has 35 heavy (non-hydrogen) atoms. The molecule has 3 rings (SSSR count). The maximum Gasteiger partial charge on any atom is 0.286 e. The van der Waals surface area contributed by atoms with Crippen LogP contribution in [0, 0.1) is 25.7 Å². The van der Waals surface area contributed by atoms with Gasteiger partial charge in [-0.15, -0.1) is 16.2 Å². The number of guanidine groups is 1. The molecule has 0 unspecified atom stereocenters. The molecular weight excluding hydrogens is 500 g/mol. The molecule has 180 valence electrons. The second kappa shape index (κ2) is 11.9. The van der Waals surface area contributed by atoms with E-state index in [4.69, 9.17) is 17.3 Å². The van der Waals surface area contributed by atoms with Crippen molar-refractivity contribution in [2.45, 2.75) is 36.3 Å². The van der Waals surface area contributed by atoms with Crippen LogP contribution in [0.5, 0.6) is 0 Å². The number of hydrogen-bond acceptors (Lipinski definition) is 4. The fraction of sp³-hybridized carbons (Fsp3) is 0.154. The number of benzene rings is 3. The number of rotatable bonds is 6. The normalized spacial score (nSPS) is 12.1. The van der Waals surface area contributed by atoms with Gasteiger partial charge in [-0.25, -0.2) is 5.43 Å². The summed E-state index contributed by atoms with van der Waals surface area (Å²) >= 11 is 7.66. The molecule has 0 aliphatic heterocycles. The van der Waals surface area contributed by atoms with Crippen molar-refractivity contribution in [3.8, 4) is 11.8 Å². The van der Waals surface area contributed by atoms with Crippen molar-refractivity contribution in [3.63, 3.8) is 0 Å². The quantitative estimate of drug-likeness (QED) is 0.150. The zero-order valence-corrected chi connectivity index (χ0v) is 21.9. The highest BCUT2D eigenvalue weighted by Gasteiger charge is 2.21. The molecule has 6 nitrogen and oxygen atoms in total. The van der Waals surface area contributed by atoms with E-state index < -0.39 is 10.0 Å². The van der Waals surface area contributed by atoms with Crippen LogP contribution in [-0.4, -0.2) is 20.1 Å². The zero-order chi connectivity index (χ0) is 25.4. The van der Waals surface area contributed by atoms with E-state index in [1.54, 1.807) is 19.9 Å². The molecule has 3 N–H and O–H groups in total. The molecule has 0 spiro atoms. The third-order valence-electron chi connectivity index (χ3n) is 4.74. The van der Waals surface area contributed by atoms with Crippen molar-refractivity contribution < 1.29 is 8.42 Å². The van der Waals surface area contributed by atoms with Crippen LogP contribution < -0.4 is 11.2 Å². The Labute approximate surface area is 215 Å². The number of hydrazone groups is 1. The summed E-state index contributed by atoms with van der Waals surface area (Å²) in [5.41, 5.74) is 12.4. The average Bonchev–Trinajstić information content (AvgIpc) is 2.83. The fourth-order valence-electron chi connectivity index (χ4n) is 2.85. The summed E-state index contributed by atoms with van der Waals surface area (Å²) in [6.45, 7) is 5.42. The first-order chi connectivity index (χ1) is 16.6. The van der Waals surface area contributed by atoms with Gasteiger partial charge in [0.2, 0.25) is 5.96 Å². The van der Waals surface area contributed by atoms with Crippen LogP contribution in [0.1, 0.15) is 29.2 Å². The van der Waals surface area contributed by atoms with Gasteiger partial charge in [0.1, 0.15) is 10.6 Å². The molecule has 0 aliphatic rings. The lowest BCUT2D eigenvalue weighted by Gasteiger charge is -2.11. The predicted octanol–water partition coefficient (Wildman–Crippen LogP) is 5.27. The summed E-state index contributed by atoms with van der Waals surface area (Å²) in [7, 11) is -4.13. The fourth-order valence-corrected chi connectivity index (χ4v) is 5.52. The van der Waals surface area contributed by atoms with Crippen molar-refractivity contribution in [2.75, 3.05) is 0 Å². The van der Waals surface area contributed by atoms with Crippen molar-refractivity contribution in [1.82, 2.24) is 5.43 Å². The highest BCUT2D eigenvalue weighted by atomic mass is 35.5. The maximum atomic E-state index is 13.1. The molecule has 0 radical (unpaired) electrons. The predicted molar refractivity (Wildman–Crippen MR) is 145 cm³/mol. The van der Waals surface area contributed by atoms with Gasteiger partial charge in [0.15, 0.2) is 0 Å². The lowest BCUT2D eigenvalue weighted by molar-refractivity contribution is 0.595. The number of nitrogens with one attached hydrogen (secondary N) is 1. The largest absolute Gasteiger partial charge is 0.368 e. The van der Waals surface area contributed by atoms with E-state index in [0.717, 1.165) is 16.7 Å². The zero-order valence-electron chi connectivity index (χ0n) is 19.5. The van der Waals surface area contributed by atoms with Crippen LogP contribution in [0.2, 0.25) is 5.02 Å². The van der Waals surface area contributed by atoms with E-state index in [9.17, 15) is 8.42 Å². The third-order valence-corrected chi connectivity index (χ3v) is 7.73. The first kappa shape index (κ1) is 26.4. The summed E-state index contributed by atoms with van der Waals surface area (Å²) in [6, 6.07) is 20.6. The van der Waals surface area contributed by atoms with Crippen molar-refractivity contribution in [2.24, 2.45) is 15.2 Å². The Balaban J connectivity index is 1.80. The summed E-state index contributed by atoms with van der Waals surface area (Å²) in [6.07, 6.45) is 0. The van der Waals surface area contributed by atoms with Gasteiger partial charge in [-0.1, -0.05) is 65.5 Å². The number of halogens is 1. The number of hydrogen-bond donors (Lipinski definition) is 2. The Kier molecular flexibility index (Phi) is 8.99. The number of aryl methyl sites for hydroxylation is 2. The molecule has 0 amide bonds. The van der Waals surface area contributed by atoms with E-state index in [2.05, 4.69) is 26.8 Å². The van der Waals surface area contributed by atoms with E-state index in [1.165, 1.54) is 17.8 Å². The van der Waals surface area contributed by atoms with Crippen LogP contribution >= 0.6 is 23.4 Å². The van der Waals surface area contributed by atoms with Crippen molar-refractivity contribution >= 4 is 45.1 Å². The van der Waals surface area contributed by atoms with Gasteiger partial charge in [-0.05, 0) is 62.1 Å². The standard InChI is InChI=1S/C26H25ClN4O2S2/c1-18-9-12-22(13-10-18)17-34-24-16-23(27)19(2)15-25(24)35(32,33)31-26(28)30-29-20(3)11-14-21-7-5-4-6-8-21/h4-10,12-13,15-16H,17H2,1-3H3,(H3,28,30,31)/b29-20+. The minimum atomic E-state index is -4.13. The van der Waals surface area contributed by atoms with Crippen molar-refractivity contribution in [1.29, 1.82) is 0 Å². The third kappa shape index (κ3) is 7.89. The first-order valence-corrected chi connectivity index (χ1v) is 13.4. The molecule has 3 aromatic rings. The second-order valence-electron chi connectivity index (χ2n) is 7.70. The molecule has 0 aliphatic carbocycles. The van der Waals surface area contributed by atoms with Gasteiger partial charge in [0.05, 0.1) is 0 Å². The Bertz CT molecular complexity index is 1420. The second-order valence-corrected chi connectivity index (χ2v) is 10.7. The number of nitrogens with zero attached hydrogens (tertiary/aromatic N) is 2. The maximum absolute atomic E-state index is 13.1. The molecule has 3 aromatic carbocycles. The Hall–Kier alpha value is -3.25. The van der Waals surface area contributed by atoms with E-state index in [0.29, 0.717) is 26.9 Å². The Morgan fingerprint density at radius 3 is 2.46 bits per heavy atom. The topological polar surface area (TPSA) is 96.9 Å². The molecule has 0 saturated heterocycles. The molecule has 0 saturated carbocycles. The summed E-state index contributed by atoms with van der Waals surface area (Å²) in [5.74, 6) is 6.03. The van der Waals surface area contributed by atoms with Crippen LogP contribution in [0.15, 0.2) is 86.0 Å². The lowest BCUT2D eigenvalue weighted by Crippen LogP contribution is -2.29. The summed E-state index contributed by atoms with van der Waals surface area (Å²) in [5, 5.41) is 4.48. The van der Waals surface area contributed by atoms with Gasteiger partial charge in [0.25, 0.3) is 10.0 Å². The number of sulfonamides is 1.